The molecule has 0 radical (unpaired) electrons. The smallest absolute Gasteiger partial charge is 0.125 e. The zero-order valence-corrected chi connectivity index (χ0v) is 11.3. The minimum atomic E-state index is 0.644. The lowest BCUT2D eigenvalue weighted by molar-refractivity contribution is 0.266. The molecule has 0 bridgehead atoms. The monoisotopic (exact) mass is 245 g/mol. The summed E-state index contributed by atoms with van der Waals surface area (Å²) >= 11 is 0. The lowest BCUT2D eigenvalue weighted by atomic mass is 10.1. The van der Waals surface area contributed by atoms with Crippen molar-refractivity contribution in [2.45, 2.75) is 26.3 Å². The molecule has 3 nitrogen and oxygen atoms in total. The van der Waals surface area contributed by atoms with Gasteiger partial charge in [0.2, 0.25) is 0 Å². The molecule has 1 aromatic carbocycles. The van der Waals surface area contributed by atoms with Crippen molar-refractivity contribution in [2.75, 3.05) is 19.6 Å². The van der Waals surface area contributed by atoms with Gasteiger partial charge in [0.1, 0.15) is 5.84 Å². The van der Waals surface area contributed by atoms with Crippen LogP contribution in [-0.2, 0) is 0 Å². The topological polar surface area (TPSA) is 41.6 Å². The molecular weight excluding hydrogens is 222 g/mol. The predicted octanol–water partition coefficient (Wildman–Crippen LogP) is 2.12. The van der Waals surface area contributed by atoms with E-state index in [4.69, 9.17) is 5.73 Å². The number of benzene rings is 1. The van der Waals surface area contributed by atoms with Crippen LogP contribution in [0, 0.1) is 5.92 Å². The van der Waals surface area contributed by atoms with Gasteiger partial charge in [0.15, 0.2) is 0 Å². The molecule has 3 heteroatoms. The van der Waals surface area contributed by atoms with E-state index in [1.165, 1.54) is 13.0 Å². The summed E-state index contributed by atoms with van der Waals surface area (Å²) in [5.41, 5.74) is 7.03. The number of likely N-dealkylation sites (tertiary alicyclic amines) is 1. The highest BCUT2D eigenvalue weighted by Crippen LogP contribution is 2.18. The van der Waals surface area contributed by atoms with Crippen molar-refractivity contribution in [3.8, 4) is 0 Å². The first-order valence-electron chi connectivity index (χ1n) is 6.76. The fraction of sp³-hybridized carbons (Fsp3) is 0.533. The van der Waals surface area contributed by atoms with Crippen molar-refractivity contribution < 1.29 is 0 Å². The Morgan fingerprint density at radius 2 is 2.11 bits per heavy atom. The van der Waals surface area contributed by atoms with Crippen LogP contribution in [0.1, 0.15) is 25.8 Å². The highest BCUT2D eigenvalue weighted by Gasteiger charge is 2.23. The summed E-state index contributed by atoms with van der Waals surface area (Å²) in [7, 11) is 0. The van der Waals surface area contributed by atoms with Gasteiger partial charge in [0.05, 0.1) is 0 Å². The molecule has 1 heterocycles. The molecule has 0 spiro atoms. The van der Waals surface area contributed by atoms with E-state index in [0.29, 0.717) is 17.8 Å². The number of aliphatic imine (C=N–C) groups is 1. The van der Waals surface area contributed by atoms with Crippen LogP contribution in [0.2, 0.25) is 0 Å². The number of rotatable bonds is 4. The summed E-state index contributed by atoms with van der Waals surface area (Å²) in [5.74, 6) is 1.33. The lowest BCUT2D eigenvalue weighted by Crippen LogP contribution is -2.28. The molecule has 0 aliphatic carbocycles. The Hall–Kier alpha value is -1.35. The Kier molecular flexibility index (Phi) is 4.37. The van der Waals surface area contributed by atoms with E-state index < -0.39 is 0 Å². The second-order valence-corrected chi connectivity index (χ2v) is 5.34. The maximum Gasteiger partial charge on any atom is 0.125 e. The standard InChI is InChI=1S/C15H23N3/c1-12(2)18-9-8-13(11-18)10-17-15(16)14-6-4-3-5-7-14/h3-7,12-13H,8-11H2,1-2H3,(H2,16,17). The van der Waals surface area contributed by atoms with E-state index in [1.54, 1.807) is 0 Å². The molecule has 2 rings (SSSR count). The van der Waals surface area contributed by atoms with Crippen LogP contribution in [0.4, 0.5) is 0 Å². The Morgan fingerprint density at radius 1 is 1.39 bits per heavy atom. The molecule has 1 aliphatic rings. The summed E-state index contributed by atoms with van der Waals surface area (Å²) in [4.78, 5) is 7.05. The van der Waals surface area contributed by atoms with Gasteiger partial charge in [-0.05, 0) is 32.7 Å². The molecule has 1 saturated heterocycles. The lowest BCUT2D eigenvalue weighted by Gasteiger charge is -2.19. The fourth-order valence-corrected chi connectivity index (χ4v) is 2.41. The molecule has 0 aromatic heterocycles. The van der Waals surface area contributed by atoms with E-state index in [2.05, 4.69) is 23.7 Å². The van der Waals surface area contributed by atoms with Crippen molar-refractivity contribution in [3.63, 3.8) is 0 Å². The third-order valence-corrected chi connectivity index (χ3v) is 3.64. The maximum absolute atomic E-state index is 6.00. The third-order valence-electron chi connectivity index (χ3n) is 3.64. The number of amidine groups is 1. The van der Waals surface area contributed by atoms with Crippen molar-refractivity contribution >= 4 is 5.84 Å². The minimum Gasteiger partial charge on any atom is -0.384 e. The van der Waals surface area contributed by atoms with Gasteiger partial charge in [-0.3, -0.25) is 4.99 Å². The van der Waals surface area contributed by atoms with Crippen LogP contribution in [-0.4, -0.2) is 36.4 Å². The second-order valence-electron chi connectivity index (χ2n) is 5.34. The zero-order chi connectivity index (χ0) is 13.0. The Balaban J connectivity index is 1.88. The Bertz CT molecular complexity index is 397. The van der Waals surface area contributed by atoms with Crippen LogP contribution in [0.5, 0.6) is 0 Å². The minimum absolute atomic E-state index is 0.644. The van der Waals surface area contributed by atoms with Crippen LogP contribution < -0.4 is 5.73 Å². The Morgan fingerprint density at radius 3 is 2.72 bits per heavy atom. The molecule has 1 aromatic rings. The van der Waals surface area contributed by atoms with Gasteiger partial charge in [-0.2, -0.15) is 0 Å². The van der Waals surface area contributed by atoms with E-state index in [1.807, 2.05) is 30.3 Å². The van der Waals surface area contributed by atoms with Crippen LogP contribution >= 0.6 is 0 Å². The van der Waals surface area contributed by atoms with Crippen LogP contribution in [0.15, 0.2) is 35.3 Å². The van der Waals surface area contributed by atoms with Crippen molar-refractivity contribution in [3.05, 3.63) is 35.9 Å². The van der Waals surface area contributed by atoms with Gasteiger partial charge in [-0.15, -0.1) is 0 Å². The normalized spacial score (nSPS) is 21.7. The van der Waals surface area contributed by atoms with Crippen LogP contribution in [0.25, 0.3) is 0 Å². The highest BCUT2D eigenvalue weighted by atomic mass is 15.2. The van der Waals surface area contributed by atoms with E-state index in [-0.39, 0.29) is 0 Å². The van der Waals surface area contributed by atoms with Crippen molar-refractivity contribution in [2.24, 2.45) is 16.6 Å². The predicted molar refractivity (Wildman–Crippen MR) is 76.8 cm³/mol. The van der Waals surface area contributed by atoms with E-state index >= 15 is 0 Å². The highest BCUT2D eigenvalue weighted by molar-refractivity contribution is 5.97. The largest absolute Gasteiger partial charge is 0.384 e. The van der Waals surface area contributed by atoms with E-state index in [9.17, 15) is 0 Å². The van der Waals surface area contributed by atoms with Gasteiger partial charge in [-0.1, -0.05) is 30.3 Å². The van der Waals surface area contributed by atoms with Crippen molar-refractivity contribution in [1.82, 2.24) is 4.90 Å². The summed E-state index contributed by atoms with van der Waals surface area (Å²) in [5, 5.41) is 0. The maximum atomic E-state index is 6.00. The number of nitrogens with zero attached hydrogens (tertiary/aromatic N) is 2. The molecule has 0 amide bonds. The molecule has 0 saturated carbocycles. The zero-order valence-electron chi connectivity index (χ0n) is 11.3. The number of hydrogen-bond acceptors (Lipinski definition) is 2. The molecule has 1 atom stereocenters. The van der Waals surface area contributed by atoms with Gasteiger partial charge in [-0.25, -0.2) is 0 Å². The summed E-state index contributed by atoms with van der Waals surface area (Å²) in [6, 6.07) is 10.6. The van der Waals surface area contributed by atoms with E-state index in [0.717, 1.165) is 18.7 Å². The Labute approximate surface area is 110 Å². The molecule has 1 aliphatic heterocycles. The van der Waals surface area contributed by atoms with Crippen LogP contribution in [0.3, 0.4) is 0 Å². The summed E-state index contributed by atoms with van der Waals surface area (Å²) < 4.78 is 0. The van der Waals surface area contributed by atoms with Crippen molar-refractivity contribution in [1.29, 1.82) is 0 Å². The summed E-state index contributed by atoms with van der Waals surface area (Å²) in [6.07, 6.45) is 1.24. The molecule has 18 heavy (non-hydrogen) atoms. The number of hydrogen-bond donors (Lipinski definition) is 1. The average Bonchev–Trinajstić information content (AvgIpc) is 2.86. The molecular formula is C15H23N3. The average molecular weight is 245 g/mol. The fourth-order valence-electron chi connectivity index (χ4n) is 2.41. The first-order chi connectivity index (χ1) is 8.66. The third kappa shape index (κ3) is 3.33. The molecule has 2 N–H and O–H groups in total. The second kappa shape index (κ2) is 6.01. The SMILES string of the molecule is CC(C)N1CCC(CN=C(N)c2ccccc2)C1. The van der Waals surface area contributed by atoms with Gasteiger partial charge >= 0.3 is 0 Å². The van der Waals surface area contributed by atoms with Gasteiger partial charge in [0.25, 0.3) is 0 Å². The summed E-state index contributed by atoms with van der Waals surface area (Å²) in [6.45, 7) is 7.71. The van der Waals surface area contributed by atoms with Gasteiger partial charge < -0.3 is 10.6 Å². The first-order valence-corrected chi connectivity index (χ1v) is 6.76. The quantitative estimate of drug-likeness (QED) is 0.652. The molecule has 98 valence electrons. The molecule has 1 unspecified atom stereocenters. The first kappa shape index (κ1) is 13.1. The number of nitrogens with two attached hydrogens (primary N) is 1. The van der Waals surface area contributed by atoms with Gasteiger partial charge in [0, 0.05) is 24.7 Å². The molecule has 1 fully saturated rings.